The number of nitrogens with one attached hydrogen (secondary N) is 2. The number of carbonyl (C=O) groups is 1. The van der Waals surface area contributed by atoms with E-state index in [9.17, 15) is 9.90 Å². The molecule has 5 nitrogen and oxygen atoms in total. The van der Waals surface area contributed by atoms with Crippen molar-refractivity contribution in [1.82, 2.24) is 15.6 Å². The number of nitrogens with zero attached hydrogens (tertiary/aromatic N) is 1. The molecule has 0 saturated carbocycles. The van der Waals surface area contributed by atoms with E-state index in [1.807, 2.05) is 0 Å². The van der Waals surface area contributed by atoms with Gasteiger partial charge in [0.1, 0.15) is 0 Å². The number of pyridine rings is 1. The van der Waals surface area contributed by atoms with Gasteiger partial charge in [-0.3, -0.25) is 4.98 Å². The van der Waals surface area contributed by atoms with Gasteiger partial charge in [-0.05, 0) is 12.5 Å². The summed E-state index contributed by atoms with van der Waals surface area (Å²) in [7, 11) is 0. The van der Waals surface area contributed by atoms with Crippen LogP contribution in [0.2, 0.25) is 0 Å². The van der Waals surface area contributed by atoms with Crippen molar-refractivity contribution in [2.45, 2.75) is 90.1 Å². The Labute approximate surface area is 165 Å². The fraction of sp³-hybridized carbons (Fsp3) is 0.727. The minimum Gasteiger partial charge on any atom is -0.387 e. The normalized spacial score (nSPS) is 11.9. The molecule has 1 unspecified atom stereocenters. The Balaban J connectivity index is 1.86. The van der Waals surface area contributed by atoms with Crippen LogP contribution in [0.3, 0.4) is 0 Å². The summed E-state index contributed by atoms with van der Waals surface area (Å²) in [4.78, 5) is 15.7. The van der Waals surface area contributed by atoms with Crippen LogP contribution >= 0.6 is 0 Å². The van der Waals surface area contributed by atoms with Crippen molar-refractivity contribution < 1.29 is 9.90 Å². The topological polar surface area (TPSA) is 74.2 Å². The minimum absolute atomic E-state index is 0.190. The number of amides is 2. The second-order valence-corrected chi connectivity index (χ2v) is 7.33. The molecule has 154 valence electrons. The summed E-state index contributed by atoms with van der Waals surface area (Å²) in [6.07, 6.45) is 18.3. The van der Waals surface area contributed by atoms with Gasteiger partial charge in [0.05, 0.1) is 6.10 Å². The predicted molar refractivity (Wildman–Crippen MR) is 112 cm³/mol. The average Bonchev–Trinajstić information content (AvgIpc) is 2.70. The number of unbranched alkanes of at least 4 members (excludes halogenated alkanes) is 11. The first-order chi connectivity index (χ1) is 13.2. The van der Waals surface area contributed by atoms with Gasteiger partial charge in [0.15, 0.2) is 0 Å². The number of aliphatic hydroxyl groups is 1. The van der Waals surface area contributed by atoms with Gasteiger partial charge in [-0.1, -0.05) is 83.6 Å². The fourth-order valence-electron chi connectivity index (χ4n) is 3.11. The molecule has 5 heteroatoms. The summed E-state index contributed by atoms with van der Waals surface area (Å²) in [6.45, 7) is 3.14. The lowest BCUT2D eigenvalue weighted by Gasteiger charge is -2.12. The third-order valence-electron chi connectivity index (χ3n) is 4.84. The molecule has 1 heterocycles. The molecule has 0 radical (unpaired) electrons. The van der Waals surface area contributed by atoms with Gasteiger partial charge in [0.25, 0.3) is 0 Å². The van der Waals surface area contributed by atoms with Gasteiger partial charge in [0, 0.05) is 31.0 Å². The number of aliphatic hydroxyl groups excluding tert-OH is 1. The molecule has 0 saturated heterocycles. The molecule has 27 heavy (non-hydrogen) atoms. The van der Waals surface area contributed by atoms with E-state index in [1.54, 1.807) is 24.5 Å². The zero-order valence-corrected chi connectivity index (χ0v) is 17.1. The van der Waals surface area contributed by atoms with Crippen molar-refractivity contribution in [2.75, 3.05) is 13.1 Å². The number of rotatable bonds is 16. The third-order valence-corrected chi connectivity index (χ3v) is 4.84. The molecule has 1 aromatic rings. The fourth-order valence-corrected chi connectivity index (χ4v) is 3.11. The zero-order chi connectivity index (χ0) is 19.6. The quantitative estimate of drug-likeness (QED) is 0.350. The highest BCUT2D eigenvalue weighted by molar-refractivity contribution is 5.73. The highest BCUT2D eigenvalue weighted by atomic mass is 16.3. The number of hydrogen-bond donors (Lipinski definition) is 3. The van der Waals surface area contributed by atoms with E-state index in [1.165, 1.54) is 64.2 Å². The summed E-state index contributed by atoms with van der Waals surface area (Å²) in [5, 5.41) is 15.5. The number of hydrogen-bond acceptors (Lipinski definition) is 3. The second-order valence-electron chi connectivity index (χ2n) is 7.33. The van der Waals surface area contributed by atoms with Crippen molar-refractivity contribution in [3.8, 4) is 0 Å². The van der Waals surface area contributed by atoms with E-state index in [4.69, 9.17) is 0 Å². The first-order valence-corrected chi connectivity index (χ1v) is 10.8. The van der Waals surface area contributed by atoms with Crippen LogP contribution in [-0.4, -0.2) is 29.2 Å². The lowest BCUT2D eigenvalue weighted by atomic mass is 10.1. The van der Waals surface area contributed by atoms with E-state index in [2.05, 4.69) is 22.5 Å². The largest absolute Gasteiger partial charge is 0.387 e. The summed E-state index contributed by atoms with van der Waals surface area (Å²) >= 11 is 0. The standard InChI is InChI=1S/C22H39N3O2/c1-2-3-4-5-6-7-8-9-10-11-12-13-17-24-22(27)25-19-21(26)20-15-14-16-23-18-20/h14-16,18,21,26H,2-13,17,19H2,1H3,(H2,24,25,27). The molecule has 2 amide bonds. The van der Waals surface area contributed by atoms with E-state index < -0.39 is 6.10 Å². The maximum absolute atomic E-state index is 11.7. The van der Waals surface area contributed by atoms with Crippen molar-refractivity contribution in [2.24, 2.45) is 0 Å². The van der Waals surface area contributed by atoms with E-state index >= 15 is 0 Å². The van der Waals surface area contributed by atoms with Gasteiger partial charge in [-0.15, -0.1) is 0 Å². The molecule has 1 aromatic heterocycles. The molecule has 0 aliphatic rings. The van der Waals surface area contributed by atoms with Gasteiger partial charge in [0.2, 0.25) is 0 Å². The maximum Gasteiger partial charge on any atom is 0.314 e. The Bertz CT molecular complexity index is 468. The smallest absolute Gasteiger partial charge is 0.314 e. The molecule has 3 N–H and O–H groups in total. The summed E-state index contributed by atoms with van der Waals surface area (Å²) in [5.41, 5.74) is 0.707. The first kappa shape index (κ1) is 23.4. The van der Waals surface area contributed by atoms with Crippen LogP contribution in [0.5, 0.6) is 0 Å². The Kier molecular flexibility index (Phi) is 14.4. The lowest BCUT2D eigenvalue weighted by molar-refractivity contribution is 0.172. The average molecular weight is 378 g/mol. The summed E-state index contributed by atoms with van der Waals surface area (Å²) < 4.78 is 0. The highest BCUT2D eigenvalue weighted by Gasteiger charge is 2.08. The summed E-state index contributed by atoms with van der Waals surface area (Å²) in [5.74, 6) is 0. The van der Waals surface area contributed by atoms with Gasteiger partial charge in [-0.2, -0.15) is 0 Å². The predicted octanol–water partition coefficient (Wildman–Crippen LogP) is 5.12. The van der Waals surface area contributed by atoms with E-state index in [0.29, 0.717) is 12.1 Å². The van der Waals surface area contributed by atoms with Crippen LogP contribution in [0.4, 0.5) is 4.79 Å². The lowest BCUT2D eigenvalue weighted by Crippen LogP contribution is -2.38. The molecule has 0 fully saturated rings. The monoisotopic (exact) mass is 377 g/mol. The molecule has 0 aromatic carbocycles. The Hall–Kier alpha value is -1.62. The van der Waals surface area contributed by atoms with Crippen molar-refractivity contribution in [3.63, 3.8) is 0 Å². The van der Waals surface area contributed by atoms with Gasteiger partial charge >= 0.3 is 6.03 Å². The molecule has 1 rings (SSSR count). The summed E-state index contributed by atoms with van der Waals surface area (Å²) in [6, 6.07) is 3.34. The van der Waals surface area contributed by atoms with Crippen molar-refractivity contribution >= 4 is 6.03 Å². The SMILES string of the molecule is CCCCCCCCCCCCCCNC(=O)NCC(O)c1cccnc1. The zero-order valence-electron chi connectivity index (χ0n) is 17.1. The molecular formula is C22H39N3O2. The van der Waals surface area contributed by atoms with E-state index in [0.717, 1.165) is 12.8 Å². The molecule has 0 aliphatic heterocycles. The van der Waals surface area contributed by atoms with Gasteiger partial charge in [-0.25, -0.2) is 4.79 Å². The molecule has 0 spiro atoms. The number of carbonyl (C=O) groups excluding carboxylic acids is 1. The van der Waals surface area contributed by atoms with Crippen molar-refractivity contribution in [3.05, 3.63) is 30.1 Å². The van der Waals surface area contributed by atoms with E-state index in [-0.39, 0.29) is 12.6 Å². The minimum atomic E-state index is -0.726. The number of aromatic nitrogens is 1. The Morgan fingerprint density at radius 2 is 1.56 bits per heavy atom. The molecule has 0 aliphatic carbocycles. The van der Waals surface area contributed by atoms with Crippen LogP contribution in [0, 0.1) is 0 Å². The van der Waals surface area contributed by atoms with Gasteiger partial charge < -0.3 is 15.7 Å². The van der Waals surface area contributed by atoms with Crippen molar-refractivity contribution in [1.29, 1.82) is 0 Å². The first-order valence-electron chi connectivity index (χ1n) is 10.8. The second kappa shape index (κ2) is 16.5. The Morgan fingerprint density at radius 1 is 0.963 bits per heavy atom. The molecular weight excluding hydrogens is 338 g/mol. The van der Waals surface area contributed by atoms with Crippen LogP contribution in [0.15, 0.2) is 24.5 Å². The number of urea groups is 1. The maximum atomic E-state index is 11.7. The van der Waals surface area contributed by atoms with Crippen LogP contribution in [0.1, 0.15) is 95.6 Å². The third kappa shape index (κ3) is 13.2. The van der Waals surface area contributed by atoms with Crippen LogP contribution in [0.25, 0.3) is 0 Å². The van der Waals surface area contributed by atoms with Crippen LogP contribution < -0.4 is 10.6 Å². The highest BCUT2D eigenvalue weighted by Crippen LogP contribution is 2.12. The molecule has 0 bridgehead atoms. The molecule has 1 atom stereocenters. The Morgan fingerprint density at radius 3 is 2.11 bits per heavy atom. The van der Waals surface area contributed by atoms with Crippen LogP contribution in [-0.2, 0) is 0 Å².